The summed E-state index contributed by atoms with van der Waals surface area (Å²) in [7, 11) is -2.34. The number of aromatic nitrogens is 3. The van der Waals surface area contributed by atoms with Crippen molar-refractivity contribution < 1.29 is 4.80 Å². The van der Waals surface area contributed by atoms with Gasteiger partial charge in [0.15, 0.2) is 14.1 Å². The summed E-state index contributed by atoms with van der Waals surface area (Å²) < 4.78 is 0. The fourth-order valence-corrected chi connectivity index (χ4v) is 5.20. The molecule has 0 unspecified atom stereocenters. The molecular formula is C28H33N7OSi. The number of hydrogen-bond acceptors (Lipinski definition) is 8. The molecule has 1 aliphatic rings. The van der Waals surface area contributed by atoms with Crippen molar-refractivity contribution in [3.8, 4) is 23.5 Å². The molecule has 0 bridgehead atoms. The normalized spacial score (nSPS) is 16.9. The topological polar surface area (TPSA) is 131 Å². The van der Waals surface area contributed by atoms with E-state index in [2.05, 4.69) is 64.6 Å². The molecule has 2 heterocycles. The maximum absolute atomic E-state index is 10.8. The summed E-state index contributed by atoms with van der Waals surface area (Å²) in [6.45, 7) is 13.2. The number of hydrogen-bond donors (Lipinski definition) is 3. The molecule has 1 aliphatic heterocycles. The smallest absolute Gasteiger partial charge is 0.230 e. The van der Waals surface area contributed by atoms with Crippen LogP contribution in [0.1, 0.15) is 55.9 Å². The van der Waals surface area contributed by atoms with Crippen LogP contribution in [0.3, 0.4) is 0 Å². The van der Waals surface area contributed by atoms with Crippen LogP contribution in [0.25, 0.3) is 11.4 Å². The van der Waals surface area contributed by atoms with Gasteiger partial charge in [-0.15, -0.1) is 0 Å². The summed E-state index contributed by atoms with van der Waals surface area (Å²) in [5, 5.41) is 25.7. The predicted molar refractivity (Wildman–Crippen MR) is 148 cm³/mol. The van der Waals surface area contributed by atoms with Crippen molar-refractivity contribution in [1.29, 1.82) is 10.5 Å². The molecule has 0 aliphatic carbocycles. The van der Waals surface area contributed by atoms with E-state index in [4.69, 9.17) is 0 Å². The van der Waals surface area contributed by atoms with E-state index >= 15 is 0 Å². The van der Waals surface area contributed by atoms with Crippen LogP contribution in [-0.2, 0) is 5.41 Å². The van der Waals surface area contributed by atoms with Gasteiger partial charge in [-0.25, -0.2) is 9.97 Å². The van der Waals surface area contributed by atoms with E-state index in [0.29, 0.717) is 22.9 Å². The molecule has 0 fully saturated rings. The molecule has 1 aromatic heterocycles. The lowest BCUT2D eigenvalue weighted by Crippen LogP contribution is -2.40. The monoisotopic (exact) mass is 511 g/mol. The standard InChI is InChI=1S/C28H33N7OSi/c1-18-7-8-19(14-29)11-23(18)34-26-33-17-32-25(35-26)20-12-21(15-30)24-22(13-20)28(4,16-31-24)10-9-27(2,3)37(5,6)36/h7-8,11-13,17,31,36H,9-10,16H2,1-6H3,(H,32,33,34,35)/t28-/m0/s1. The van der Waals surface area contributed by atoms with Crippen LogP contribution in [0.5, 0.6) is 0 Å². The van der Waals surface area contributed by atoms with Crippen molar-refractivity contribution >= 4 is 25.6 Å². The van der Waals surface area contributed by atoms with Crippen LogP contribution in [0.4, 0.5) is 17.3 Å². The molecule has 3 aromatic rings. The largest absolute Gasteiger partial charge is 0.432 e. The lowest BCUT2D eigenvalue weighted by molar-refractivity contribution is 0.384. The van der Waals surface area contributed by atoms with E-state index in [1.54, 1.807) is 12.1 Å². The van der Waals surface area contributed by atoms with Crippen molar-refractivity contribution in [3.63, 3.8) is 0 Å². The van der Waals surface area contributed by atoms with Crippen molar-refractivity contribution in [2.45, 2.75) is 64.1 Å². The van der Waals surface area contributed by atoms with E-state index in [-0.39, 0.29) is 10.5 Å². The van der Waals surface area contributed by atoms with Gasteiger partial charge in [0.1, 0.15) is 12.4 Å². The van der Waals surface area contributed by atoms with Crippen molar-refractivity contribution in [1.82, 2.24) is 15.0 Å². The van der Waals surface area contributed by atoms with Crippen LogP contribution >= 0.6 is 0 Å². The van der Waals surface area contributed by atoms with E-state index < -0.39 is 8.32 Å². The summed E-state index contributed by atoms with van der Waals surface area (Å²) in [5.74, 6) is 0.823. The first-order valence-corrected chi connectivity index (χ1v) is 15.3. The van der Waals surface area contributed by atoms with Gasteiger partial charge in [0.05, 0.1) is 22.9 Å². The highest BCUT2D eigenvalue weighted by molar-refractivity contribution is 6.72. The van der Waals surface area contributed by atoms with Gasteiger partial charge in [0.2, 0.25) is 5.95 Å². The fraction of sp³-hybridized carbons (Fsp3) is 0.393. The van der Waals surface area contributed by atoms with Crippen LogP contribution < -0.4 is 10.6 Å². The number of nitriles is 2. The first-order valence-electron chi connectivity index (χ1n) is 12.4. The Labute approximate surface area is 219 Å². The minimum atomic E-state index is -2.34. The Morgan fingerprint density at radius 3 is 2.59 bits per heavy atom. The van der Waals surface area contributed by atoms with Gasteiger partial charge in [-0.05, 0) is 73.3 Å². The minimum absolute atomic E-state index is 0.135. The number of benzene rings is 2. The highest BCUT2D eigenvalue weighted by Crippen LogP contribution is 2.48. The van der Waals surface area contributed by atoms with Gasteiger partial charge < -0.3 is 15.4 Å². The number of aryl methyl sites for hydroxylation is 1. The molecule has 1 atom stereocenters. The molecule has 190 valence electrons. The third-order valence-corrected chi connectivity index (χ3v) is 11.5. The second-order valence-corrected chi connectivity index (χ2v) is 15.8. The Hall–Kier alpha value is -3.79. The van der Waals surface area contributed by atoms with E-state index in [9.17, 15) is 15.3 Å². The van der Waals surface area contributed by atoms with Crippen molar-refractivity contribution in [2.75, 3.05) is 17.2 Å². The molecule has 3 N–H and O–H groups in total. The zero-order valence-corrected chi connectivity index (χ0v) is 23.3. The molecule has 9 heteroatoms. The predicted octanol–water partition coefficient (Wildman–Crippen LogP) is 5.77. The summed E-state index contributed by atoms with van der Waals surface area (Å²) >= 11 is 0. The van der Waals surface area contributed by atoms with Gasteiger partial charge in [-0.3, -0.25) is 0 Å². The van der Waals surface area contributed by atoms with Gasteiger partial charge in [-0.2, -0.15) is 15.5 Å². The maximum atomic E-state index is 10.8. The van der Waals surface area contributed by atoms with Crippen LogP contribution in [0.15, 0.2) is 36.7 Å². The van der Waals surface area contributed by atoms with Crippen molar-refractivity contribution in [2.24, 2.45) is 0 Å². The Bertz CT molecular complexity index is 1430. The first kappa shape index (κ1) is 26.3. The summed E-state index contributed by atoms with van der Waals surface area (Å²) in [6.07, 6.45) is 3.21. The van der Waals surface area contributed by atoms with Gasteiger partial charge in [0.25, 0.3) is 0 Å². The minimum Gasteiger partial charge on any atom is -0.432 e. The molecule has 0 saturated heterocycles. The molecule has 4 rings (SSSR count). The van der Waals surface area contributed by atoms with Crippen LogP contribution in [0.2, 0.25) is 18.1 Å². The summed E-state index contributed by atoms with van der Waals surface area (Å²) in [6, 6.07) is 13.8. The van der Waals surface area contributed by atoms with Gasteiger partial charge >= 0.3 is 0 Å². The molecule has 2 aromatic carbocycles. The van der Waals surface area contributed by atoms with Gasteiger partial charge in [0, 0.05) is 23.2 Å². The molecule has 37 heavy (non-hydrogen) atoms. The lowest BCUT2D eigenvalue weighted by atomic mass is 9.77. The summed E-state index contributed by atoms with van der Waals surface area (Å²) in [4.78, 5) is 24.1. The third kappa shape index (κ3) is 5.20. The van der Waals surface area contributed by atoms with E-state index in [1.807, 2.05) is 32.2 Å². The number of fused-ring (bicyclic) bond motifs is 1. The van der Waals surface area contributed by atoms with Crippen molar-refractivity contribution in [3.05, 3.63) is 58.9 Å². The second-order valence-electron chi connectivity index (χ2n) is 11.3. The second kappa shape index (κ2) is 9.58. The zero-order valence-electron chi connectivity index (χ0n) is 22.3. The van der Waals surface area contributed by atoms with Crippen LogP contribution in [0, 0.1) is 29.6 Å². The summed E-state index contributed by atoms with van der Waals surface area (Å²) in [5.41, 5.74) is 5.29. The zero-order chi connectivity index (χ0) is 27.0. The number of nitrogens with zero attached hydrogens (tertiary/aromatic N) is 5. The highest BCUT2D eigenvalue weighted by Gasteiger charge is 2.42. The van der Waals surface area contributed by atoms with Gasteiger partial charge in [-0.1, -0.05) is 26.8 Å². The Kier molecular flexibility index (Phi) is 6.81. The maximum Gasteiger partial charge on any atom is 0.230 e. The Morgan fingerprint density at radius 1 is 1.16 bits per heavy atom. The van der Waals surface area contributed by atoms with E-state index in [1.165, 1.54) is 6.33 Å². The van der Waals surface area contributed by atoms with Crippen LogP contribution in [-0.4, -0.2) is 34.6 Å². The number of anilines is 3. The number of nitrogens with one attached hydrogen (secondary N) is 2. The Morgan fingerprint density at radius 2 is 1.92 bits per heavy atom. The fourth-order valence-electron chi connectivity index (χ4n) is 4.46. The molecular weight excluding hydrogens is 478 g/mol. The lowest BCUT2D eigenvalue weighted by Gasteiger charge is -2.38. The quantitative estimate of drug-likeness (QED) is 0.341. The molecule has 8 nitrogen and oxygen atoms in total. The SMILES string of the molecule is Cc1ccc(C#N)cc1Nc1ncnc(-c2cc(C#N)c3c(c2)[C@@](C)(CCC(C)(C)[Si](C)(C)O)CN3)n1. The highest BCUT2D eigenvalue weighted by atomic mass is 28.4. The number of rotatable bonds is 7. The molecule has 0 saturated carbocycles. The molecule has 0 radical (unpaired) electrons. The Balaban J connectivity index is 1.68. The molecule has 0 amide bonds. The average Bonchev–Trinajstić information content (AvgIpc) is 3.20. The third-order valence-electron chi connectivity index (χ3n) is 7.97. The van der Waals surface area contributed by atoms with E-state index in [0.717, 1.165) is 47.5 Å². The molecule has 0 spiro atoms. The average molecular weight is 512 g/mol. The first-order chi connectivity index (χ1) is 17.4.